The van der Waals surface area contributed by atoms with Crippen LogP contribution in [-0.2, 0) is 0 Å². The van der Waals surface area contributed by atoms with Gasteiger partial charge in [0, 0.05) is 24.7 Å². The van der Waals surface area contributed by atoms with E-state index < -0.39 is 18.0 Å². The first-order valence-corrected chi connectivity index (χ1v) is 7.80. The highest BCUT2D eigenvalue weighted by Crippen LogP contribution is 2.21. The monoisotopic (exact) mass is 346 g/mol. The Labute approximate surface area is 138 Å². The third-order valence-corrected chi connectivity index (χ3v) is 4.04. The summed E-state index contributed by atoms with van der Waals surface area (Å²) >= 11 is 5.58. The number of carbonyl (C=O) groups is 1. The van der Waals surface area contributed by atoms with Crippen molar-refractivity contribution in [2.24, 2.45) is 0 Å². The lowest BCUT2D eigenvalue weighted by atomic mass is 10.2. The van der Waals surface area contributed by atoms with Gasteiger partial charge in [-0.15, -0.1) is 0 Å². The molecule has 128 valence electrons. The van der Waals surface area contributed by atoms with E-state index in [1.54, 1.807) is 0 Å². The number of ether oxygens (including phenoxy) is 1. The Morgan fingerprint density at radius 2 is 2.17 bits per heavy atom. The van der Waals surface area contributed by atoms with Crippen LogP contribution in [0.3, 0.4) is 0 Å². The summed E-state index contributed by atoms with van der Waals surface area (Å²) < 4.78 is 18.6. The molecule has 1 fully saturated rings. The Bertz CT molecular complexity index is 546. The Morgan fingerprint density at radius 3 is 2.87 bits per heavy atom. The molecule has 1 aliphatic carbocycles. The molecule has 1 saturated carbocycles. The number of hydrogen-bond acceptors (Lipinski definition) is 4. The molecular weight excluding hydrogens is 327 g/mol. The van der Waals surface area contributed by atoms with Crippen molar-refractivity contribution in [1.82, 2.24) is 10.6 Å². The highest BCUT2D eigenvalue weighted by Gasteiger charge is 2.25. The molecule has 3 atom stereocenters. The maximum atomic E-state index is 13.2. The topological polar surface area (TPSA) is 90.8 Å². The fourth-order valence-electron chi connectivity index (χ4n) is 2.59. The minimum Gasteiger partial charge on any atom is -0.491 e. The second-order valence-corrected chi connectivity index (χ2v) is 6.01. The third kappa shape index (κ3) is 5.85. The molecule has 0 heterocycles. The minimum atomic E-state index is -1.01. The van der Waals surface area contributed by atoms with E-state index in [1.165, 1.54) is 18.2 Å². The van der Waals surface area contributed by atoms with E-state index in [0.29, 0.717) is 18.7 Å². The SMILES string of the molecule is O=C(O)NC1CC[C@H](NC[C@@H](O)COc2ccc(Cl)c(F)c2)C1. The molecule has 2 rings (SSSR count). The van der Waals surface area contributed by atoms with Crippen molar-refractivity contribution in [3.05, 3.63) is 29.0 Å². The molecule has 1 amide bonds. The molecule has 6 nitrogen and oxygen atoms in total. The zero-order chi connectivity index (χ0) is 16.8. The van der Waals surface area contributed by atoms with Gasteiger partial charge in [-0.2, -0.15) is 0 Å². The van der Waals surface area contributed by atoms with Crippen molar-refractivity contribution in [3.63, 3.8) is 0 Å². The van der Waals surface area contributed by atoms with Crippen LogP contribution < -0.4 is 15.4 Å². The quantitative estimate of drug-likeness (QED) is 0.606. The highest BCUT2D eigenvalue weighted by atomic mass is 35.5. The van der Waals surface area contributed by atoms with Crippen molar-refractivity contribution in [3.8, 4) is 5.75 Å². The van der Waals surface area contributed by atoms with Crippen molar-refractivity contribution in [2.75, 3.05) is 13.2 Å². The Kier molecular flexibility index (Phi) is 6.44. The number of carboxylic acid groups (broad SMARTS) is 1. The summed E-state index contributed by atoms with van der Waals surface area (Å²) in [4.78, 5) is 10.6. The van der Waals surface area contributed by atoms with E-state index in [0.717, 1.165) is 12.8 Å². The van der Waals surface area contributed by atoms with Gasteiger partial charge in [0.2, 0.25) is 0 Å². The number of aliphatic hydroxyl groups excluding tert-OH is 1. The third-order valence-electron chi connectivity index (χ3n) is 3.74. The maximum absolute atomic E-state index is 13.2. The Balaban J connectivity index is 1.66. The molecule has 4 N–H and O–H groups in total. The van der Waals surface area contributed by atoms with Crippen LogP contribution >= 0.6 is 11.6 Å². The first kappa shape index (κ1) is 17.8. The molecule has 0 aromatic heterocycles. The summed E-state index contributed by atoms with van der Waals surface area (Å²) in [6, 6.07) is 4.21. The number of benzene rings is 1. The Morgan fingerprint density at radius 1 is 1.43 bits per heavy atom. The molecule has 1 aromatic rings. The molecule has 1 unspecified atom stereocenters. The number of nitrogens with one attached hydrogen (secondary N) is 2. The number of amides is 1. The Hall–Kier alpha value is -1.57. The van der Waals surface area contributed by atoms with E-state index in [4.69, 9.17) is 21.4 Å². The van der Waals surface area contributed by atoms with E-state index in [-0.39, 0.29) is 23.7 Å². The fourth-order valence-corrected chi connectivity index (χ4v) is 2.71. The van der Waals surface area contributed by atoms with Crippen LogP contribution in [0.4, 0.5) is 9.18 Å². The van der Waals surface area contributed by atoms with Crippen LogP contribution in [0.2, 0.25) is 5.02 Å². The normalized spacial score (nSPS) is 21.9. The van der Waals surface area contributed by atoms with E-state index in [9.17, 15) is 14.3 Å². The molecule has 1 aliphatic rings. The van der Waals surface area contributed by atoms with E-state index >= 15 is 0 Å². The van der Waals surface area contributed by atoms with Gasteiger partial charge in [-0.05, 0) is 31.4 Å². The van der Waals surface area contributed by atoms with E-state index in [1.807, 2.05) is 0 Å². The predicted molar refractivity (Wildman–Crippen MR) is 83.5 cm³/mol. The summed E-state index contributed by atoms with van der Waals surface area (Å²) in [5, 5.41) is 24.2. The number of rotatable bonds is 7. The van der Waals surface area contributed by atoms with Crippen LogP contribution in [0.25, 0.3) is 0 Å². The van der Waals surface area contributed by atoms with Gasteiger partial charge in [-0.3, -0.25) is 0 Å². The highest BCUT2D eigenvalue weighted by molar-refractivity contribution is 6.30. The molecule has 1 aromatic carbocycles. The first-order chi connectivity index (χ1) is 10.9. The van der Waals surface area contributed by atoms with Crippen LogP contribution in [0, 0.1) is 5.82 Å². The van der Waals surface area contributed by atoms with Gasteiger partial charge in [0.1, 0.15) is 24.3 Å². The molecule has 23 heavy (non-hydrogen) atoms. The molecule has 0 bridgehead atoms. The average molecular weight is 347 g/mol. The standard InChI is InChI=1S/C15H20ClFN2O4/c16-13-4-3-12(6-14(13)17)23-8-11(20)7-18-9-1-2-10(5-9)19-15(21)22/h3-4,6,9-11,18-20H,1-2,5,7-8H2,(H,21,22)/t9-,10?,11+/m0/s1. The van der Waals surface area contributed by atoms with Crippen molar-refractivity contribution in [1.29, 1.82) is 0 Å². The smallest absolute Gasteiger partial charge is 0.404 e. The van der Waals surface area contributed by atoms with Crippen molar-refractivity contribution < 1.29 is 24.1 Å². The fraction of sp³-hybridized carbons (Fsp3) is 0.533. The minimum absolute atomic E-state index is 0.0188. The van der Waals surface area contributed by atoms with Crippen molar-refractivity contribution in [2.45, 2.75) is 37.5 Å². The van der Waals surface area contributed by atoms with E-state index in [2.05, 4.69) is 10.6 Å². The lowest BCUT2D eigenvalue weighted by Gasteiger charge is -2.17. The maximum Gasteiger partial charge on any atom is 0.404 e. The summed E-state index contributed by atoms with van der Waals surface area (Å²) in [5.74, 6) is -0.266. The van der Waals surface area contributed by atoms with Crippen LogP contribution in [0.15, 0.2) is 18.2 Å². The number of halogens is 2. The van der Waals surface area contributed by atoms with Gasteiger partial charge in [0.15, 0.2) is 0 Å². The molecule has 0 saturated heterocycles. The largest absolute Gasteiger partial charge is 0.491 e. The van der Waals surface area contributed by atoms with Gasteiger partial charge < -0.3 is 25.6 Å². The molecule has 0 radical (unpaired) electrons. The number of aliphatic hydroxyl groups is 1. The molecular formula is C15H20ClFN2O4. The predicted octanol–water partition coefficient (Wildman–Crippen LogP) is 2.00. The average Bonchev–Trinajstić information content (AvgIpc) is 2.93. The lowest BCUT2D eigenvalue weighted by molar-refractivity contribution is 0.103. The second-order valence-electron chi connectivity index (χ2n) is 5.61. The second kappa shape index (κ2) is 8.33. The molecule has 8 heteroatoms. The zero-order valence-electron chi connectivity index (χ0n) is 12.5. The summed E-state index contributed by atoms with van der Waals surface area (Å²) in [5.41, 5.74) is 0. The summed E-state index contributed by atoms with van der Waals surface area (Å²) in [6.45, 7) is 0.345. The van der Waals surface area contributed by atoms with Gasteiger partial charge in [0.05, 0.1) is 5.02 Å². The van der Waals surface area contributed by atoms with Crippen LogP contribution in [-0.4, -0.2) is 47.6 Å². The van der Waals surface area contributed by atoms with Crippen LogP contribution in [0.5, 0.6) is 5.75 Å². The summed E-state index contributed by atoms with van der Waals surface area (Å²) in [6.07, 6.45) is 0.559. The zero-order valence-corrected chi connectivity index (χ0v) is 13.2. The molecule has 0 aliphatic heterocycles. The number of hydrogen-bond donors (Lipinski definition) is 4. The first-order valence-electron chi connectivity index (χ1n) is 7.43. The lowest BCUT2D eigenvalue weighted by Crippen LogP contribution is -2.38. The summed E-state index contributed by atoms with van der Waals surface area (Å²) in [7, 11) is 0. The van der Waals surface area contributed by atoms with Crippen LogP contribution in [0.1, 0.15) is 19.3 Å². The van der Waals surface area contributed by atoms with Gasteiger partial charge in [-0.25, -0.2) is 9.18 Å². The van der Waals surface area contributed by atoms with Gasteiger partial charge in [0.25, 0.3) is 0 Å². The van der Waals surface area contributed by atoms with Gasteiger partial charge in [-0.1, -0.05) is 11.6 Å². The van der Waals surface area contributed by atoms with Gasteiger partial charge >= 0.3 is 6.09 Å². The molecule has 0 spiro atoms. The van der Waals surface area contributed by atoms with Crippen molar-refractivity contribution >= 4 is 17.7 Å².